The van der Waals surface area contributed by atoms with Crippen LogP contribution in [0.2, 0.25) is 0 Å². The Balaban J connectivity index is 1.59. The molecule has 5 rings (SSSR count). The van der Waals surface area contributed by atoms with Gasteiger partial charge in [-0.2, -0.15) is 0 Å². The molecule has 3 aromatic heterocycles. The van der Waals surface area contributed by atoms with E-state index in [0.29, 0.717) is 6.42 Å². The van der Waals surface area contributed by atoms with E-state index in [9.17, 15) is 5.11 Å². The predicted molar refractivity (Wildman–Crippen MR) is 104 cm³/mol. The van der Waals surface area contributed by atoms with Crippen LogP contribution < -0.4 is 0 Å². The van der Waals surface area contributed by atoms with Crippen LogP contribution in [0, 0.1) is 0 Å². The fraction of sp³-hybridized carbons (Fsp3) is 0.0455. The minimum absolute atomic E-state index is 0.192. The molecule has 3 N–H and O–H groups in total. The quantitative estimate of drug-likeness (QED) is 0.433. The Morgan fingerprint density at radius 1 is 0.808 bits per heavy atom. The summed E-state index contributed by atoms with van der Waals surface area (Å²) >= 11 is 0. The molecule has 0 saturated heterocycles. The summed E-state index contributed by atoms with van der Waals surface area (Å²) in [7, 11) is 0. The van der Waals surface area contributed by atoms with Crippen molar-refractivity contribution in [2.24, 2.45) is 0 Å². The summed E-state index contributed by atoms with van der Waals surface area (Å²) in [4.78, 5) is 11.0. The van der Waals surface area contributed by atoms with E-state index in [2.05, 4.69) is 33.2 Å². The molecule has 4 heteroatoms. The van der Waals surface area contributed by atoms with Gasteiger partial charge in [0.05, 0.1) is 6.20 Å². The van der Waals surface area contributed by atoms with Crippen molar-refractivity contribution in [1.82, 2.24) is 15.0 Å². The van der Waals surface area contributed by atoms with Gasteiger partial charge in [-0.1, -0.05) is 36.4 Å². The van der Waals surface area contributed by atoms with Gasteiger partial charge < -0.3 is 15.1 Å². The Morgan fingerprint density at radius 2 is 1.50 bits per heavy atom. The molecular weight excluding hydrogens is 322 g/mol. The van der Waals surface area contributed by atoms with E-state index >= 15 is 0 Å². The van der Waals surface area contributed by atoms with E-state index in [1.54, 1.807) is 6.20 Å². The molecule has 0 atom stereocenters. The van der Waals surface area contributed by atoms with Gasteiger partial charge in [0.1, 0.15) is 5.75 Å². The number of pyridine rings is 1. The standard InChI is InChI=1S/C22H17N3O/c26-22-13-23-15(9-14-11-24-20-7-3-1-5-16(14)20)10-18(22)19-12-25-21-8-4-2-6-17(19)21/h1-8,10-13,24-26H,9H2. The van der Waals surface area contributed by atoms with Gasteiger partial charge in [0.15, 0.2) is 0 Å². The number of aromatic amines is 2. The van der Waals surface area contributed by atoms with Gasteiger partial charge in [0, 0.05) is 57.4 Å². The van der Waals surface area contributed by atoms with E-state index in [-0.39, 0.29) is 5.75 Å². The fourth-order valence-electron chi connectivity index (χ4n) is 3.57. The molecule has 26 heavy (non-hydrogen) atoms. The highest BCUT2D eigenvalue weighted by Gasteiger charge is 2.13. The van der Waals surface area contributed by atoms with Gasteiger partial charge in [-0.25, -0.2) is 0 Å². The molecule has 0 unspecified atom stereocenters. The molecule has 0 spiro atoms. The smallest absolute Gasteiger partial charge is 0.141 e. The van der Waals surface area contributed by atoms with Crippen LogP contribution in [0.4, 0.5) is 0 Å². The third-order valence-electron chi connectivity index (χ3n) is 4.87. The Morgan fingerprint density at radius 3 is 2.35 bits per heavy atom. The van der Waals surface area contributed by atoms with Crippen LogP contribution in [-0.2, 0) is 6.42 Å². The van der Waals surface area contributed by atoms with Crippen LogP contribution in [0.1, 0.15) is 11.3 Å². The fourth-order valence-corrected chi connectivity index (χ4v) is 3.57. The number of aromatic nitrogens is 3. The maximum atomic E-state index is 10.4. The SMILES string of the molecule is Oc1cnc(Cc2c[nH]c3ccccc23)cc1-c1c[nH]c2ccccc12. The van der Waals surface area contributed by atoms with Gasteiger partial charge in [-0.05, 0) is 23.8 Å². The Bertz CT molecular complexity index is 1230. The van der Waals surface area contributed by atoms with E-state index in [0.717, 1.165) is 33.2 Å². The largest absolute Gasteiger partial charge is 0.506 e. The molecule has 5 aromatic rings. The summed E-state index contributed by atoms with van der Waals surface area (Å²) in [5.41, 5.74) is 6.08. The van der Waals surface area contributed by atoms with E-state index < -0.39 is 0 Å². The molecule has 0 fully saturated rings. The molecule has 126 valence electrons. The zero-order valence-electron chi connectivity index (χ0n) is 14.0. The van der Waals surface area contributed by atoms with Crippen molar-refractivity contribution in [3.8, 4) is 16.9 Å². The van der Waals surface area contributed by atoms with Crippen molar-refractivity contribution in [1.29, 1.82) is 0 Å². The molecule has 0 aliphatic rings. The van der Waals surface area contributed by atoms with Gasteiger partial charge in [-0.15, -0.1) is 0 Å². The summed E-state index contributed by atoms with van der Waals surface area (Å²) in [6, 6.07) is 18.3. The van der Waals surface area contributed by atoms with Crippen LogP contribution in [0.5, 0.6) is 5.75 Å². The van der Waals surface area contributed by atoms with E-state index in [1.807, 2.05) is 48.8 Å². The number of H-pyrrole nitrogens is 2. The highest BCUT2D eigenvalue weighted by Crippen LogP contribution is 2.35. The number of nitrogens with one attached hydrogen (secondary N) is 2. The van der Waals surface area contributed by atoms with Gasteiger partial charge in [0.2, 0.25) is 0 Å². The summed E-state index contributed by atoms with van der Waals surface area (Å²) in [5, 5.41) is 12.7. The van der Waals surface area contributed by atoms with Crippen molar-refractivity contribution < 1.29 is 5.11 Å². The lowest BCUT2D eigenvalue weighted by molar-refractivity contribution is 0.474. The number of rotatable bonds is 3. The second-order valence-corrected chi connectivity index (χ2v) is 6.48. The number of aromatic hydroxyl groups is 1. The summed E-state index contributed by atoms with van der Waals surface area (Å²) in [6.45, 7) is 0. The Kier molecular flexibility index (Phi) is 3.28. The monoisotopic (exact) mass is 339 g/mol. The third-order valence-corrected chi connectivity index (χ3v) is 4.87. The Hall–Kier alpha value is -3.53. The number of benzene rings is 2. The van der Waals surface area contributed by atoms with Crippen molar-refractivity contribution in [3.63, 3.8) is 0 Å². The average Bonchev–Trinajstić information content (AvgIpc) is 3.28. The Labute approximate surface area is 150 Å². The molecular formula is C22H17N3O. The molecule has 3 heterocycles. The highest BCUT2D eigenvalue weighted by molar-refractivity contribution is 5.96. The molecule has 2 aromatic carbocycles. The number of hydrogen-bond donors (Lipinski definition) is 3. The minimum atomic E-state index is 0.192. The summed E-state index contributed by atoms with van der Waals surface area (Å²) in [5.74, 6) is 0.192. The lowest BCUT2D eigenvalue weighted by Gasteiger charge is -2.07. The van der Waals surface area contributed by atoms with Crippen molar-refractivity contribution in [2.75, 3.05) is 0 Å². The van der Waals surface area contributed by atoms with Crippen molar-refractivity contribution in [2.45, 2.75) is 6.42 Å². The van der Waals surface area contributed by atoms with Crippen LogP contribution in [-0.4, -0.2) is 20.1 Å². The van der Waals surface area contributed by atoms with E-state index in [4.69, 9.17) is 0 Å². The maximum Gasteiger partial charge on any atom is 0.141 e. The first-order valence-corrected chi connectivity index (χ1v) is 8.59. The summed E-state index contributed by atoms with van der Waals surface area (Å²) < 4.78 is 0. The van der Waals surface area contributed by atoms with Crippen LogP contribution in [0.15, 0.2) is 73.2 Å². The third kappa shape index (κ3) is 2.35. The number of nitrogens with zero attached hydrogens (tertiary/aromatic N) is 1. The second-order valence-electron chi connectivity index (χ2n) is 6.48. The lowest BCUT2D eigenvalue weighted by Crippen LogP contribution is -1.92. The number of para-hydroxylation sites is 2. The molecule has 0 saturated carbocycles. The molecule has 0 aliphatic heterocycles. The van der Waals surface area contributed by atoms with Gasteiger partial charge in [0.25, 0.3) is 0 Å². The number of fused-ring (bicyclic) bond motifs is 2. The highest BCUT2D eigenvalue weighted by atomic mass is 16.3. The first-order chi connectivity index (χ1) is 12.8. The van der Waals surface area contributed by atoms with Crippen LogP contribution >= 0.6 is 0 Å². The minimum Gasteiger partial charge on any atom is -0.506 e. The van der Waals surface area contributed by atoms with Gasteiger partial charge >= 0.3 is 0 Å². The number of hydrogen-bond acceptors (Lipinski definition) is 2. The van der Waals surface area contributed by atoms with E-state index in [1.165, 1.54) is 10.9 Å². The van der Waals surface area contributed by atoms with Crippen molar-refractivity contribution >= 4 is 21.8 Å². The molecule has 0 bridgehead atoms. The first kappa shape index (κ1) is 14.8. The molecule has 0 amide bonds. The normalized spacial score (nSPS) is 11.4. The average molecular weight is 339 g/mol. The zero-order valence-corrected chi connectivity index (χ0v) is 14.0. The molecule has 0 radical (unpaired) electrons. The first-order valence-electron chi connectivity index (χ1n) is 8.59. The maximum absolute atomic E-state index is 10.4. The zero-order chi connectivity index (χ0) is 17.5. The molecule has 0 aliphatic carbocycles. The second kappa shape index (κ2) is 5.77. The predicted octanol–water partition coefficient (Wildman–Crippen LogP) is 5.01. The van der Waals surface area contributed by atoms with Crippen LogP contribution in [0.3, 0.4) is 0 Å². The molecule has 4 nitrogen and oxygen atoms in total. The van der Waals surface area contributed by atoms with Gasteiger partial charge in [-0.3, -0.25) is 4.98 Å². The van der Waals surface area contributed by atoms with Crippen molar-refractivity contribution in [3.05, 3.63) is 84.4 Å². The topological polar surface area (TPSA) is 64.7 Å². The summed E-state index contributed by atoms with van der Waals surface area (Å²) in [6.07, 6.45) is 6.22. The van der Waals surface area contributed by atoms with Crippen LogP contribution in [0.25, 0.3) is 32.9 Å². The lowest BCUT2D eigenvalue weighted by atomic mass is 10.0.